The van der Waals surface area contributed by atoms with Gasteiger partial charge < -0.3 is 0 Å². The Bertz CT molecular complexity index is 661. The number of rotatable bonds is 1. The number of pyridine rings is 1. The largest absolute Gasteiger partial charge is 0.256 e. The molecule has 0 amide bonds. The van der Waals surface area contributed by atoms with Gasteiger partial charge in [0.15, 0.2) is 0 Å². The normalized spacial score (nSPS) is 34.8. The molecular weight excluding hydrogens is 230 g/mol. The zero-order valence-corrected chi connectivity index (χ0v) is 11.8. The van der Waals surface area contributed by atoms with Gasteiger partial charge in [0.05, 0.1) is 5.69 Å². The monoisotopic (exact) mass is 249 g/mol. The summed E-state index contributed by atoms with van der Waals surface area (Å²) >= 11 is 0. The molecule has 0 radical (unpaired) electrons. The molecule has 3 atom stereocenters. The number of fused-ring (bicyclic) bond motifs is 3. The van der Waals surface area contributed by atoms with Crippen LogP contribution in [-0.4, -0.2) is 4.98 Å². The van der Waals surface area contributed by atoms with Crippen molar-refractivity contribution < 1.29 is 0 Å². The van der Waals surface area contributed by atoms with Crippen molar-refractivity contribution in [1.82, 2.24) is 4.98 Å². The van der Waals surface area contributed by atoms with E-state index in [0.717, 1.165) is 5.69 Å². The molecule has 3 unspecified atom stereocenters. The predicted molar refractivity (Wildman–Crippen MR) is 78.2 cm³/mol. The van der Waals surface area contributed by atoms with Crippen LogP contribution in [0.4, 0.5) is 0 Å². The number of hydrogen-bond donors (Lipinski definition) is 0. The van der Waals surface area contributed by atoms with E-state index in [2.05, 4.69) is 63.4 Å². The summed E-state index contributed by atoms with van der Waals surface area (Å²) in [6.07, 6.45) is 3.45. The minimum Gasteiger partial charge on any atom is -0.256 e. The highest BCUT2D eigenvalue weighted by molar-refractivity contribution is 5.63. The first-order chi connectivity index (χ1) is 9.06. The first-order valence-corrected chi connectivity index (χ1v) is 7.12. The molecule has 4 rings (SSSR count). The van der Waals surface area contributed by atoms with Crippen LogP contribution < -0.4 is 0 Å². The third kappa shape index (κ3) is 1.23. The molecule has 0 saturated heterocycles. The van der Waals surface area contributed by atoms with E-state index in [1.54, 1.807) is 0 Å². The first-order valence-electron chi connectivity index (χ1n) is 7.12. The van der Waals surface area contributed by atoms with Gasteiger partial charge in [-0.25, -0.2) is 0 Å². The maximum Gasteiger partial charge on any atom is 0.0705 e. The molecule has 1 aromatic carbocycles. The molecule has 2 aliphatic carbocycles. The van der Waals surface area contributed by atoms with Crippen molar-refractivity contribution in [3.63, 3.8) is 0 Å². The Morgan fingerprint density at radius 1 is 1.16 bits per heavy atom. The summed E-state index contributed by atoms with van der Waals surface area (Å²) in [4.78, 5) is 4.71. The van der Waals surface area contributed by atoms with Crippen molar-refractivity contribution in [3.05, 3.63) is 53.7 Å². The smallest absolute Gasteiger partial charge is 0.0705 e. The van der Waals surface area contributed by atoms with Crippen molar-refractivity contribution in [2.45, 2.75) is 38.5 Å². The van der Waals surface area contributed by atoms with E-state index in [1.165, 1.54) is 23.1 Å². The maximum atomic E-state index is 4.71. The summed E-state index contributed by atoms with van der Waals surface area (Å²) in [6, 6.07) is 12.8. The van der Waals surface area contributed by atoms with Crippen LogP contribution in [0.25, 0.3) is 11.3 Å². The Balaban J connectivity index is 1.86. The average Bonchev–Trinajstić information content (AvgIpc) is 2.98. The molecule has 0 bridgehead atoms. The van der Waals surface area contributed by atoms with Gasteiger partial charge in [-0.3, -0.25) is 4.98 Å². The number of benzene rings is 1. The van der Waals surface area contributed by atoms with Crippen LogP contribution in [0.1, 0.15) is 44.2 Å². The quantitative estimate of drug-likeness (QED) is 0.723. The molecule has 2 aromatic rings. The molecule has 0 N–H and O–H groups in total. The standard InChI is InChI=1S/C18H19N/c1-12-14-9-16(13-7-5-4-6-8-13)19-10-15(14)18(3)11-17(12,18)2/h4-10,12H,11H2,1-3H3. The van der Waals surface area contributed by atoms with Crippen molar-refractivity contribution in [3.8, 4) is 11.3 Å². The SMILES string of the molecule is CC1c2cc(-c3ccccc3)ncc2C2(C)CC12C. The summed E-state index contributed by atoms with van der Waals surface area (Å²) in [5.41, 5.74) is 6.18. The van der Waals surface area contributed by atoms with Crippen LogP contribution in [0.3, 0.4) is 0 Å². The van der Waals surface area contributed by atoms with Crippen LogP contribution in [0.2, 0.25) is 0 Å². The fraction of sp³-hybridized carbons (Fsp3) is 0.389. The summed E-state index contributed by atoms with van der Waals surface area (Å²) in [5.74, 6) is 0.651. The predicted octanol–water partition coefficient (Wildman–Crippen LogP) is 4.53. The van der Waals surface area contributed by atoms with Gasteiger partial charge in [-0.05, 0) is 34.9 Å². The van der Waals surface area contributed by atoms with E-state index in [-0.39, 0.29) is 0 Å². The highest BCUT2D eigenvalue weighted by atomic mass is 14.8. The van der Waals surface area contributed by atoms with Crippen LogP contribution in [0.5, 0.6) is 0 Å². The zero-order valence-electron chi connectivity index (χ0n) is 11.8. The topological polar surface area (TPSA) is 12.9 Å². The van der Waals surface area contributed by atoms with E-state index in [1.807, 2.05) is 0 Å². The van der Waals surface area contributed by atoms with Crippen molar-refractivity contribution >= 4 is 0 Å². The maximum absolute atomic E-state index is 4.71. The van der Waals surface area contributed by atoms with E-state index in [4.69, 9.17) is 4.98 Å². The third-order valence-corrected chi connectivity index (χ3v) is 5.88. The lowest BCUT2D eigenvalue weighted by Gasteiger charge is -2.15. The molecule has 0 aliphatic heterocycles. The fourth-order valence-corrected chi connectivity index (χ4v) is 4.12. The van der Waals surface area contributed by atoms with E-state index in [0.29, 0.717) is 16.7 Å². The molecule has 19 heavy (non-hydrogen) atoms. The zero-order chi connectivity index (χ0) is 13.3. The second kappa shape index (κ2) is 3.27. The van der Waals surface area contributed by atoms with Gasteiger partial charge in [-0.15, -0.1) is 0 Å². The Morgan fingerprint density at radius 2 is 1.89 bits per heavy atom. The Hall–Kier alpha value is -1.63. The van der Waals surface area contributed by atoms with Gasteiger partial charge >= 0.3 is 0 Å². The van der Waals surface area contributed by atoms with Crippen molar-refractivity contribution in [2.75, 3.05) is 0 Å². The van der Waals surface area contributed by atoms with E-state index in [9.17, 15) is 0 Å². The van der Waals surface area contributed by atoms with Gasteiger partial charge in [0, 0.05) is 17.2 Å². The lowest BCUT2D eigenvalue weighted by atomic mass is 9.89. The molecule has 1 heterocycles. The van der Waals surface area contributed by atoms with Gasteiger partial charge in [0.25, 0.3) is 0 Å². The molecule has 2 aliphatic rings. The molecule has 1 fully saturated rings. The molecule has 1 saturated carbocycles. The summed E-state index contributed by atoms with van der Waals surface area (Å²) in [7, 11) is 0. The van der Waals surface area contributed by atoms with E-state index >= 15 is 0 Å². The second-order valence-corrected chi connectivity index (χ2v) is 6.67. The van der Waals surface area contributed by atoms with Crippen molar-refractivity contribution in [2.24, 2.45) is 5.41 Å². The number of aromatic nitrogens is 1. The highest BCUT2D eigenvalue weighted by Crippen LogP contribution is 2.75. The molecule has 1 heteroatoms. The van der Waals surface area contributed by atoms with Crippen LogP contribution >= 0.6 is 0 Å². The lowest BCUT2D eigenvalue weighted by Crippen LogP contribution is -2.07. The fourth-order valence-electron chi connectivity index (χ4n) is 4.12. The van der Waals surface area contributed by atoms with E-state index < -0.39 is 0 Å². The number of hydrogen-bond acceptors (Lipinski definition) is 1. The average molecular weight is 249 g/mol. The van der Waals surface area contributed by atoms with Crippen LogP contribution in [0, 0.1) is 5.41 Å². The summed E-state index contributed by atoms with van der Waals surface area (Å²) in [5, 5.41) is 0. The van der Waals surface area contributed by atoms with Crippen LogP contribution in [0.15, 0.2) is 42.6 Å². The van der Waals surface area contributed by atoms with Gasteiger partial charge in [0.1, 0.15) is 0 Å². The third-order valence-electron chi connectivity index (χ3n) is 5.88. The Kier molecular flexibility index (Phi) is 1.93. The molecule has 0 spiro atoms. The Labute approximate surface area is 114 Å². The van der Waals surface area contributed by atoms with Crippen molar-refractivity contribution in [1.29, 1.82) is 0 Å². The van der Waals surface area contributed by atoms with Gasteiger partial charge in [-0.2, -0.15) is 0 Å². The summed E-state index contributed by atoms with van der Waals surface area (Å²) in [6.45, 7) is 7.21. The molecule has 96 valence electrons. The van der Waals surface area contributed by atoms with Gasteiger partial charge in [-0.1, -0.05) is 51.1 Å². The summed E-state index contributed by atoms with van der Waals surface area (Å²) < 4.78 is 0. The molecule has 1 aromatic heterocycles. The minimum atomic E-state index is 0.379. The van der Waals surface area contributed by atoms with Gasteiger partial charge in [0.2, 0.25) is 0 Å². The minimum absolute atomic E-state index is 0.379. The highest BCUT2D eigenvalue weighted by Gasteiger charge is 2.69. The first kappa shape index (κ1) is 11.2. The second-order valence-electron chi connectivity index (χ2n) is 6.67. The molecular formula is C18H19N. The van der Waals surface area contributed by atoms with Crippen LogP contribution in [-0.2, 0) is 5.41 Å². The molecule has 1 nitrogen and oxygen atoms in total. The Morgan fingerprint density at radius 3 is 2.63 bits per heavy atom. The lowest BCUT2D eigenvalue weighted by molar-refractivity contribution is 0.441. The number of nitrogens with zero attached hydrogens (tertiary/aromatic N) is 1.